The normalized spacial score (nSPS) is 10.5. The Morgan fingerprint density at radius 1 is 1.29 bits per heavy atom. The van der Waals surface area contributed by atoms with Gasteiger partial charge in [-0.1, -0.05) is 6.07 Å². The quantitative estimate of drug-likeness (QED) is 0.799. The molecule has 21 heavy (non-hydrogen) atoms. The van der Waals surface area contributed by atoms with Gasteiger partial charge < -0.3 is 20.5 Å². The van der Waals surface area contributed by atoms with Crippen LogP contribution in [0.1, 0.15) is 19.4 Å². The molecule has 0 bridgehead atoms. The Hall–Kier alpha value is -2.43. The number of anilines is 2. The summed E-state index contributed by atoms with van der Waals surface area (Å²) in [5, 5.41) is 3.31. The summed E-state index contributed by atoms with van der Waals surface area (Å²) in [6.45, 7) is 4.56. The highest BCUT2D eigenvalue weighted by Gasteiger charge is 2.07. The van der Waals surface area contributed by atoms with Crippen LogP contribution in [0.3, 0.4) is 0 Å². The molecule has 0 aliphatic heterocycles. The second kappa shape index (κ2) is 6.83. The first kappa shape index (κ1) is 15.0. The molecule has 2 aromatic rings. The van der Waals surface area contributed by atoms with Gasteiger partial charge in [-0.2, -0.15) is 0 Å². The number of nitrogens with zero attached hydrogens (tertiary/aromatic N) is 1. The number of hydrogen-bond acceptors (Lipinski definition) is 5. The van der Waals surface area contributed by atoms with Crippen molar-refractivity contribution >= 4 is 11.4 Å². The highest BCUT2D eigenvalue weighted by atomic mass is 16.5. The van der Waals surface area contributed by atoms with Crippen molar-refractivity contribution in [1.82, 2.24) is 4.98 Å². The molecule has 2 rings (SSSR count). The van der Waals surface area contributed by atoms with Crippen molar-refractivity contribution in [2.75, 3.05) is 18.2 Å². The minimum absolute atomic E-state index is 0.0890. The van der Waals surface area contributed by atoms with Crippen molar-refractivity contribution < 1.29 is 9.47 Å². The maximum atomic E-state index is 5.84. The van der Waals surface area contributed by atoms with E-state index in [1.54, 1.807) is 19.4 Å². The molecule has 0 fully saturated rings. The number of nitrogens with two attached hydrogens (primary N) is 1. The van der Waals surface area contributed by atoms with Gasteiger partial charge in [-0.05, 0) is 26.0 Å². The van der Waals surface area contributed by atoms with Crippen LogP contribution >= 0.6 is 0 Å². The van der Waals surface area contributed by atoms with Gasteiger partial charge in [-0.3, -0.25) is 0 Å². The summed E-state index contributed by atoms with van der Waals surface area (Å²) in [5.41, 5.74) is 8.38. The Balaban J connectivity index is 2.11. The molecule has 0 unspecified atom stereocenters. The summed E-state index contributed by atoms with van der Waals surface area (Å²) in [6.07, 6.45) is 1.82. The topological polar surface area (TPSA) is 69.4 Å². The van der Waals surface area contributed by atoms with E-state index in [1.807, 2.05) is 38.1 Å². The molecule has 0 saturated carbocycles. The minimum atomic E-state index is 0.0890. The van der Waals surface area contributed by atoms with Crippen molar-refractivity contribution in [3.63, 3.8) is 0 Å². The summed E-state index contributed by atoms with van der Waals surface area (Å²) >= 11 is 0. The first-order chi connectivity index (χ1) is 10.1. The molecular weight excluding hydrogens is 266 g/mol. The molecule has 1 aromatic carbocycles. The molecule has 3 N–H and O–H groups in total. The first-order valence-corrected chi connectivity index (χ1v) is 6.87. The van der Waals surface area contributed by atoms with Gasteiger partial charge in [0.2, 0.25) is 5.88 Å². The number of nitrogen functional groups attached to an aromatic ring is 1. The molecular formula is C16H21N3O2. The van der Waals surface area contributed by atoms with E-state index in [2.05, 4.69) is 10.3 Å². The summed E-state index contributed by atoms with van der Waals surface area (Å²) in [7, 11) is 1.62. The Labute approximate surface area is 125 Å². The first-order valence-electron chi connectivity index (χ1n) is 6.87. The summed E-state index contributed by atoms with van der Waals surface area (Å²) in [4.78, 5) is 4.27. The SMILES string of the molecule is COc1cc(N)cc(NCc2cccnc2OC(C)C)c1. The predicted octanol–water partition coefficient (Wildman–Crippen LogP) is 3.07. The van der Waals surface area contributed by atoms with E-state index in [0.29, 0.717) is 18.1 Å². The van der Waals surface area contributed by atoms with Gasteiger partial charge in [-0.15, -0.1) is 0 Å². The van der Waals surface area contributed by atoms with Crippen molar-refractivity contribution in [1.29, 1.82) is 0 Å². The zero-order valence-corrected chi connectivity index (χ0v) is 12.6. The monoisotopic (exact) mass is 287 g/mol. The molecule has 112 valence electrons. The zero-order chi connectivity index (χ0) is 15.2. The van der Waals surface area contributed by atoms with E-state index in [4.69, 9.17) is 15.2 Å². The van der Waals surface area contributed by atoms with Crippen molar-refractivity contribution in [3.05, 3.63) is 42.1 Å². The number of pyridine rings is 1. The molecule has 0 radical (unpaired) electrons. The maximum Gasteiger partial charge on any atom is 0.218 e. The van der Waals surface area contributed by atoms with E-state index in [0.717, 1.165) is 17.0 Å². The van der Waals surface area contributed by atoms with E-state index in [1.165, 1.54) is 0 Å². The van der Waals surface area contributed by atoms with Crippen LogP contribution in [-0.2, 0) is 6.54 Å². The van der Waals surface area contributed by atoms with Crippen molar-refractivity contribution in [2.45, 2.75) is 26.5 Å². The van der Waals surface area contributed by atoms with Gasteiger partial charge in [0.25, 0.3) is 0 Å². The van der Waals surface area contributed by atoms with Crippen LogP contribution in [-0.4, -0.2) is 18.2 Å². The van der Waals surface area contributed by atoms with Gasteiger partial charge in [0.05, 0.1) is 13.2 Å². The highest BCUT2D eigenvalue weighted by molar-refractivity contribution is 5.59. The Kier molecular flexibility index (Phi) is 4.87. The summed E-state index contributed by atoms with van der Waals surface area (Å²) < 4.78 is 10.9. The van der Waals surface area contributed by atoms with E-state index in [9.17, 15) is 0 Å². The molecule has 1 heterocycles. The van der Waals surface area contributed by atoms with Crippen LogP contribution in [0.2, 0.25) is 0 Å². The van der Waals surface area contributed by atoms with Crippen LogP contribution in [0.15, 0.2) is 36.5 Å². The van der Waals surface area contributed by atoms with Gasteiger partial charge >= 0.3 is 0 Å². The number of hydrogen-bond donors (Lipinski definition) is 2. The maximum absolute atomic E-state index is 5.84. The molecule has 0 spiro atoms. The number of ether oxygens (including phenoxy) is 2. The lowest BCUT2D eigenvalue weighted by Gasteiger charge is -2.14. The number of aromatic nitrogens is 1. The van der Waals surface area contributed by atoms with Crippen LogP contribution < -0.4 is 20.5 Å². The molecule has 0 amide bonds. The lowest BCUT2D eigenvalue weighted by atomic mass is 10.2. The predicted molar refractivity (Wildman–Crippen MR) is 84.7 cm³/mol. The van der Waals surface area contributed by atoms with Gasteiger partial charge in [0.15, 0.2) is 0 Å². The second-order valence-electron chi connectivity index (χ2n) is 4.98. The smallest absolute Gasteiger partial charge is 0.218 e. The molecule has 5 nitrogen and oxygen atoms in total. The average Bonchev–Trinajstić information content (AvgIpc) is 2.45. The van der Waals surface area contributed by atoms with Crippen LogP contribution in [0.4, 0.5) is 11.4 Å². The summed E-state index contributed by atoms with van der Waals surface area (Å²) in [5.74, 6) is 1.37. The van der Waals surface area contributed by atoms with Crippen LogP contribution in [0.25, 0.3) is 0 Å². The van der Waals surface area contributed by atoms with E-state index >= 15 is 0 Å². The van der Waals surface area contributed by atoms with Gasteiger partial charge in [0.1, 0.15) is 5.75 Å². The van der Waals surface area contributed by atoms with Crippen molar-refractivity contribution in [2.24, 2.45) is 0 Å². The van der Waals surface area contributed by atoms with Gasteiger partial charge in [-0.25, -0.2) is 4.98 Å². The lowest BCUT2D eigenvalue weighted by Crippen LogP contribution is -2.10. The zero-order valence-electron chi connectivity index (χ0n) is 12.6. The molecule has 0 aliphatic rings. The molecule has 0 aliphatic carbocycles. The van der Waals surface area contributed by atoms with E-state index in [-0.39, 0.29) is 6.10 Å². The molecule has 5 heteroatoms. The Morgan fingerprint density at radius 3 is 2.81 bits per heavy atom. The standard InChI is InChI=1S/C16H21N3O2/c1-11(2)21-16-12(5-4-6-18-16)10-19-14-7-13(17)8-15(9-14)20-3/h4-9,11,19H,10,17H2,1-3H3. The largest absolute Gasteiger partial charge is 0.497 e. The fraction of sp³-hybridized carbons (Fsp3) is 0.312. The van der Waals surface area contributed by atoms with E-state index < -0.39 is 0 Å². The third-order valence-corrected chi connectivity index (χ3v) is 2.84. The van der Waals surface area contributed by atoms with Crippen LogP contribution in [0, 0.1) is 0 Å². The van der Waals surface area contributed by atoms with Gasteiger partial charge in [0, 0.05) is 41.8 Å². The molecule has 1 aromatic heterocycles. The number of nitrogens with one attached hydrogen (secondary N) is 1. The number of benzene rings is 1. The summed E-state index contributed by atoms with van der Waals surface area (Å²) in [6, 6.07) is 9.42. The highest BCUT2D eigenvalue weighted by Crippen LogP contribution is 2.24. The Bertz CT molecular complexity index is 600. The third-order valence-electron chi connectivity index (χ3n) is 2.84. The molecule has 0 saturated heterocycles. The fourth-order valence-electron chi connectivity index (χ4n) is 1.93. The second-order valence-corrected chi connectivity index (χ2v) is 4.98. The fourth-order valence-corrected chi connectivity index (χ4v) is 1.93. The lowest BCUT2D eigenvalue weighted by molar-refractivity contribution is 0.230. The minimum Gasteiger partial charge on any atom is -0.497 e. The third kappa shape index (κ3) is 4.27. The van der Waals surface area contributed by atoms with Crippen molar-refractivity contribution in [3.8, 4) is 11.6 Å². The number of rotatable bonds is 6. The van der Waals surface area contributed by atoms with Crippen LogP contribution in [0.5, 0.6) is 11.6 Å². The Morgan fingerprint density at radius 2 is 2.10 bits per heavy atom. The molecule has 0 atom stereocenters. The number of methoxy groups -OCH3 is 1. The average molecular weight is 287 g/mol.